The molecule has 4 rings (SSSR count). The Balaban J connectivity index is 1.43. The molecular formula is C21H20N6O5. The van der Waals surface area contributed by atoms with Gasteiger partial charge in [-0.15, -0.1) is 0 Å². The second-order valence-corrected chi connectivity index (χ2v) is 6.95. The molecule has 0 saturated heterocycles. The van der Waals surface area contributed by atoms with Crippen LogP contribution < -0.4 is 10.1 Å². The van der Waals surface area contributed by atoms with Crippen molar-refractivity contribution in [1.82, 2.24) is 25.1 Å². The molecule has 0 spiro atoms. The van der Waals surface area contributed by atoms with E-state index < -0.39 is 18.0 Å². The van der Waals surface area contributed by atoms with E-state index in [1.807, 2.05) is 6.92 Å². The van der Waals surface area contributed by atoms with Gasteiger partial charge in [0, 0.05) is 0 Å². The van der Waals surface area contributed by atoms with E-state index in [0.717, 1.165) is 5.56 Å². The zero-order valence-electron chi connectivity index (χ0n) is 17.6. The van der Waals surface area contributed by atoms with E-state index in [1.165, 1.54) is 19.6 Å². The summed E-state index contributed by atoms with van der Waals surface area (Å²) in [4.78, 5) is 40.2. The Morgan fingerprint density at radius 3 is 2.78 bits per heavy atom. The summed E-state index contributed by atoms with van der Waals surface area (Å²) in [6.45, 7) is 5.24. The predicted octanol–water partition coefficient (Wildman–Crippen LogP) is 2.72. The number of imidazole rings is 1. The van der Waals surface area contributed by atoms with E-state index in [1.54, 1.807) is 31.2 Å². The fourth-order valence-electron chi connectivity index (χ4n) is 2.97. The fourth-order valence-corrected chi connectivity index (χ4v) is 2.97. The highest BCUT2D eigenvalue weighted by Crippen LogP contribution is 2.23. The molecule has 11 heteroatoms. The Kier molecular flexibility index (Phi) is 5.79. The number of carbonyl (C=O) groups is 2. The number of ether oxygens (including phenoxy) is 2. The van der Waals surface area contributed by atoms with Gasteiger partial charge in [-0.1, -0.05) is 17.3 Å². The van der Waals surface area contributed by atoms with Gasteiger partial charge in [0.2, 0.25) is 0 Å². The number of aromatic nitrogens is 5. The molecule has 1 unspecified atom stereocenters. The van der Waals surface area contributed by atoms with E-state index in [0.29, 0.717) is 28.4 Å². The van der Waals surface area contributed by atoms with Crippen molar-refractivity contribution in [3.8, 4) is 5.75 Å². The molecule has 0 aliphatic heterocycles. The number of esters is 1. The van der Waals surface area contributed by atoms with Crippen molar-refractivity contribution in [3.63, 3.8) is 0 Å². The van der Waals surface area contributed by atoms with Crippen LogP contribution in [0.3, 0.4) is 0 Å². The van der Waals surface area contributed by atoms with E-state index in [9.17, 15) is 9.59 Å². The highest BCUT2D eigenvalue weighted by atomic mass is 16.5. The number of H-pyrrole nitrogens is 1. The van der Waals surface area contributed by atoms with Crippen LogP contribution in [0, 0.1) is 13.8 Å². The largest absolute Gasteiger partial charge is 0.488 e. The van der Waals surface area contributed by atoms with Crippen LogP contribution in [-0.4, -0.2) is 43.1 Å². The average Bonchev–Trinajstić information content (AvgIpc) is 3.39. The molecule has 1 aromatic carbocycles. The van der Waals surface area contributed by atoms with Gasteiger partial charge in [-0.3, -0.25) is 4.79 Å². The molecule has 1 amide bonds. The standard InChI is InChI=1S/C21H20N6O5/c1-11-15(12(2)32-27-11)8-30-16-7-5-4-6-14(16)21(29)31-13(3)20(28)26-19-17-18(23-9-22-17)24-10-25-19/h4-7,9-10,13H,8H2,1-3H3,(H2,22,23,24,25,26,28). The van der Waals surface area contributed by atoms with Crippen molar-refractivity contribution in [3.05, 3.63) is 59.5 Å². The smallest absolute Gasteiger partial charge is 0.342 e. The van der Waals surface area contributed by atoms with Gasteiger partial charge in [0.1, 0.15) is 35.5 Å². The Labute approximate surface area is 182 Å². The fraction of sp³-hybridized carbons (Fsp3) is 0.238. The third-order valence-electron chi connectivity index (χ3n) is 4.78. The number of hydrogen-bond acceptors (Lipinski definition) is 9. The molecule has 3 heterocycles. The SMILES string of the molecule is Cc1noc(C)c1COc1ccccc1C(=O)OC(C)C(=O)Nc1ncnc2nc[nH]c12. The van der Waals surface area contributed by atoms with Crippen molar-refractivity contribution in [2.24, 2.45) is 0 Å². The normalized spacial score (nSPS) is 11.8. The Morgan fingerprint density at radius 1 is 1.19 bits per heavy atom. The summed E-state index contributed by atoms with van der Waals surface area (Å²) < 4.78 is 16.3. The van der Waals surface area contributed by atoms with Crippen LogP contribution >= 0.6 is 0 Å². The van der Waals surface area contributed by atoms with E-state index in [-0.39, 0.29) is 18.0 Å². The monoisotopic (exact) mass is 436 g/mol. The molecule has 0 fully saturated rings. The van der Waals surface area contributed by atoms with Gasteiger partial charge >= 0.3 is 5.97 Å². The van der Waals surface area contributed by atoms with E-state index >= 15 is 0 Å². The minimum absolute atomic E-state index is 0.176. The first-order valence-electron chi connectivity index (χ1n) is 9.73. The summed E-state index contributed by atoms with van der Waals surface area (Å²) >= 11 is 0. The van der Waals surface area contributed by atoms with Crippen LogP contribution in [0.1, 0.15) is 34.3 Å². The lowest BCUT2D eigenvalue weighted by Crippen LogP contribution is -2.30. The lowest BCUT2D eigenvalue weighted by molar-refractivity contribution is -0.123. The number of aromatic amines is 1. The molecule has 164 valence electrons. The summed E-state index contributed by atoms with van der Waals surface area (Å²) in [6, 6.07) is 6.63. The number of benzene rings is 1. The van der Waals surface area contributed by atoms with E-state index in [4.69, 9.17) is 14.0 Å². The third-order valence-corrected chi connectivity index (χ3v) is 4.78. The number of rotatable bonds is 7. The maximum absolute atomic E-state index is 12.7. The van der Waals surface area contributed by atoms with Gasteiger partial charge in [-0.05, 0) is 32.9 Å². The Bertz CT molecular complexity index is 1260. The van der Waals surface area contributed by atoms with Gasteiger partial charge in [-0.2, -0.15) is 0 Å². The highest BCUT2D eigenvalue weighted by molar-refractivity contribution is 6.01. The van der Waals surface area contributed by atoms with Crippen molar-refractivity contribution in [2.45, 2.75) is 33.5 Å². The lowest BCUT2D eigenvalue weighted by atomic mass is 10.2. The lowest BCUT2D eigenvalue weighted by Gasteiger charge is -2.15. The van der Waals surface area contributed by atoms with Crippen molar-refractivity contribution < 1.29 is 23.6 Å². The number of nitrogens with zero attached hydrogens (tertiary/aromatic N) is 4. The molecule has 11 nitrogen and oxygen atoms in total. The molecule has 0 aliphatic carbocycles. The summed E-state index contributed by atoms with van der Waals surface area (Å²) in [6.07, 6.45) is 1.63. The minimum atomic E-state index is -1.09. The highest BCUT2D eigenvalue weighted by Gasteiger charge is 2.23. The molecule has 1 atom stereocenters. The second kappa shape index (κ2) is 8.84. The topological polar surface area (TPSA) is 145 Å². The van der Waals surface area contributed by atoms with E-state index in [2.05, 4.69) is 30.4 Å². The number of nitrogens with one attached hydrogen (secondary N) is 2. The second-order valence-electron chi connectivity index (χ2n) is 6.95. The summed E-state index contributed by atoms with van der Waals surface area (Å²) in [7, 11) is 0. The first-order chi connectivity index (χ1) is 15.4. The van der Waals surface area contributed by atoms with Gasteiger partial charge in [0.05, 0.1) is 17.6 Å². The number of anilines is 1. The summed E-state index contributed by atoms with van der Waals surface area (Å²) in [5.41, 5.74) is 2.58. The maximum Gasteiger partial charge on any atom is 0.342 e. The Morgan fingerprint density at radius 2 is 2.00 bits per heavy atom. The van der Waals surface area contributed by atoms with Gasteiger partial charge < -0.3 is 24.3 Å². The number of carbonyl (C=O) groups excluding carboxylic acids is 2. The van der Waals surface area contributed by atoms with Crippen LogP contribution in [0.4, 0.5) is 5.82 Å². The number of hydrogen-bond donors (Lipinski definition) is 2. The van der Waals surface area contributed by atoms with Crippen LogP contribution in [0.2, 0.25) is 0 Å². The average molecular weight is 436 g/mol. The Hall–Kier alpha value is -4.28. The zero-order chi connectivity index (χ0) is 22.7. The quantitative estimate of drug-likeness (QED) is 0.418. The van der Waals surface area contributed by atoms with Crippen LogP contribution in [0.5, 0.6) is 5.75 Å². The number of para-hydroxylation sites is 1. The van der Waals surface area contributed by atoms with Crippen molar-refractivity contribution in [2.75, 3.05) is 5.32 Å². The molecule has 0 aliphatic rings. The zero-order valence-corrected chi connectivity index (χ0v) is 17.6. The third kappa shape index (κ3) is 4.26. The molecule has 0 radical (unpaired) electrons. The van der Waals surface area contributed by atoms with Crippen LogP contribution in [0.25, 0.3) is 11.2 Å². The number of fused-ring (bicyclic) bond motifs is 1. The molecule has 0 saturated carbocycles. The summed E-state index contributed by atoms with van der Waals surface area (Å²) in [5, 5.41) is 6.50. The number of aryl methyl sites for hydroxylation is 2. The molecular weight excluding hydrogens is 416 g/mol. The van der Waals surface area contributed by atoms with Gasteiger partial charge in [-0.25, -0.2) is 19.7 Å². The molecule has 2 N–H and O–H groups in total. The van der Waals surface area contributed by atoms with Gasteiger partial charge in [0.25, 0.3) is 5.91 Å². The number of amides is 1. The first-order valence-corrected chi connectivity index (χ1v) is 9.73. The van der Waals surface area contributed by atoms with Crippen molar-refractivity contribution >= 4 is 28.9 Å². The maximum atomic E-state index is 12.7. The van der Waals surface area contributed by atoms with Gasteiger partial charge in [0.15, 0.2) is 17.6 Å². The summed E-state index contributed by atoms with van der Waals surface area (Å²) in [5.74, 6) is -0.0499. The molecule has 32 heavy (non-hydrogen) atoms. The molecule has 3 aromatic heterocycles. The van der Waals surface area contributed by atoms with Crippen LogP contribution in [-0.2, 0) is 16.1 Å². The molecule has 0 bridgehead atoms. The first kappa shape index (κ1) is 21.0. The van der Waals surface area contributed by atoms with Crippen molar-refractivity contribution in [1.29, 1.82) is 0 Å². The predicted molar refractivity (Wildman–Crippen MR) is 112 cm³/mol. The minimum Gasteiger partial charge on any atom is -0.488 e. The van der Waals surface area contributed by atoms with Crippen LogP contribution in [0.15, 0.2) is 41.4 Å². The molecule has 4 aromatic rings.